The molecule has 0 unspecified atom stereocenters. The summed E-state index contributed by atoms with van der Waals surface area (Å²) in [4.78, 5) is 4.56. The molecule has 2 aromatic rings. The third-order valence-corrected chi connectivity index (χ3v) is 4.06. The first-order valence-corrected chi connectivity index (χ1v) is 8.56. The lowest BCUT2D eigenvalue weighted by Gasteiger charge is -2.12. The third-order valence-electron chi connectivity index (χ3n) is 3.32. The van der Waals surface area contributed by atoms with E-state index in [9.17, 15) is 5.11 Å². The number of aliphatic imine (C=N–C) groups is 1. The van der Waals surface area contributed by atoms with Crippen LogP contribution in [0.1, 0.15) is 18.1 Å². The number of thiophene rings is 1. The van der Waals surface area contributed by atoms with Crippen LogP contribution in [0.5, 0.6) is 11.5 Å². The van der Waals surface area contributed by atoms with Crippen LogP contribution in [-0.2, 0) is 13.0 Å². The fraction of sp³-hybridized carbons (Fsp3) is 0.353. The number of nitrogens with one attached hydrogen (secondary N) is 2. The number of methoxy groups -OCH3 is 1. The van der Waals surface area contributed by atoms with Gasteiger partial charge in [0.25, 0.3) is 0 Å². The molecule has 5 nitrogen and oxygen atoms in total. The summed E-state index contributed by atoms with van der Waals surface area (Å²) in [6, 6.07) is 7.44. The lowest BCUT2D eigenvalue weighted by molar-refractivity contribution is 0.406. The van der Waals surface area contributed by atoms with Crippen molar-refractivity contribution in [2.45, 2.75) is 19.9 Å². The SMILES string of the molecule is CCNC(=NCc1ccsc1)NCCc1ccc(OC)cc1O. The van der Waals surface area contributed by atoms with E-state index in [2.05, 4.69) is 32.5 Å². The molecule has 0 aliphatic rings. The maximum Gasteiger partial charge on any atom is 0.191 e. The molecule has 0 saturated heterocycles. The van der Waals surface area contributed by atoms with Gasteiger partial charge in [0.15, 0.2) is 5.96 Å². The van der Waals surface area contributed by atoms with E-state index in [4.69, 9.17) is 4.74 Å². The van der Waals surface area contributed by atoms with Gasteiger partial charge in [-0.15, -0.1) is 0 Å². The topological polar surface area (TPSA) is 65.9 Å². The molecule has 0 bridgehead atoms. The highest BCUT2D eigenvalue weighted by molar-refractivity contribution is 7.07. The van der Waals surface area contributed by atoms with E-state index in [1.54, 1.807) is 24.5 Å². The number of ether oxygens (including phenoxy) is 1. The Labute approximate surface area is 141 Å². The molecule has 0 amide bonds. The average Bonchev–Trinajstić information content (AvgIpc) is 3.07. The number of guanidine groups is 1. The molecule has 0 fully saturated rings. The summed E-state index contributed by atoms with van der Waals surface area (Å²) in [6.07, 6.45) is 0.707. The van der Waals surface area contributed by atoms with Gasteiger partial charge in [-0.3, -0.25) is 0 Å². The van der Waals surface area contributed by atoms with Gasteiger partial charge in [-0.2, -0.15) is 11.3 Å². The number of nitrogens with zero attached hydrogens (tertiary/aromatic N) is 1. The Kier molecular flexibility index (Phi) is 6.75. The van der Waals surface area contributed by atoms with E-state index in [1.807, 2.05) is 19.1 Å². The van der Waals surface area contributed by atoms with Gasteiger partial charge in [0, 0.05) is 19.2 Å². The first-order chi connectivity index (χ1) is 11.2. The summed E-state index contributed by atoms with van der Waals surface area (Å²) in [5.74, 6) is 1.70. The summed E-state index contributed by atoms with van der Waals surface area (Å²) in [5, 5.41) is 20.6. The Bertz CT molecular complexity index is 627. The monoisotopic (exact) mass is 333 g/mol. The second kappa shape index (κ2) is 9.05. The summed E-state index contributed by atoms with van der Waals surface area (Å²) in [5.41, 5.74) is 2.09. The van der Waals surface area contributed by atoms with E-state index in [0.29, 0.717) is 25.3 Å². The predicted octanol–water partition coefficient (Wildman–Crippen LogP) is 2.76. The molecule has 6 heteroatoms. The van der Waals surface area contributed by atoms with Gasteiger partial charge in [-0.1, -0.05) is 6.07 Å². The second-order valence-corrected chi connectivity index (χ2v) is 5.78. The van der Waals surface area contributed by atoms with Crippen LogP contribution in [0.25, 0.3) is 0 Å². The number of benzene rings is 1. The van der Waals surface area contributed by atoms with Crippen molar-refractivity contribution < 1.29 is 9.84 Å². The van der Waals surface area contributed by atoms with E-state index in [0.717, 1.165) is 18.1 Å². The standard InChI is InChI=1S/C17H23N3O2S/c1-3-18-17(20-11-13-7-9-23-12-13)19-8-6-14-4-5-15(22-2)10-16(14)21/h4-5,7,9-10,12,21H,3,6,8,11H2,1-2H3,(H2,18,19,20). The van der Waals surface area contributed by atoms with Gasteiger partial charge < -0.3 is 20.5 Å². The number of hydrogen-bond donors (Lipinski definition) is 3. The van der Waals surface area contributed by atoms with E-state index < -0.39 is 0 Å². The highest BCUT2D eigenvalue weighted by Crippen LogP contribution is 2.23. The lowest BCUT2D eigenvalue weighted by Crippen LogP contribution is -2.38. The number of phenols is 1. The van der Waals surface area contributed by atoms with Crippen LogP contribution in [0.15, 0.2) is 40.0 Å². The summed E-state index contributed by atoms with van der Waals surface area (Å²) in [6.45, 7) is 4.20. The Morgan fingerprint density at radius 2 is 2.17 bits per heavy atom. The van der Waals surface area contributed by atoms with Gasteiger partial charge in [-0.05, 0) is 47.4 Å². The number of aromatic hydroxyl groups is 1. The van der Waals surface area contributed by atoms with Gasteiger partial charge in [0.1, 0.15) is 11.5 Å². The minimum Gasteiger partial charge on any atom is -0.508 e. The molecule has 1 aromatic carbocycles. The van der Waals surface area contributed by atoms with Crippen LogP contribution in [0.2, 0.25) is 0 Å². The van der Waals surface area contributed by atoms with Crippen LogP contribution in [0.3, 0.4) is 0 Å². The second-order valence-electron chi connectivity index (χ2n) is 5.00. The minimum atomic E-state index is 0.256. The van der Waals surface area contributed by atoms with Crippen molar-refractivity contribution in [1.82, 2.24) is 10.6 Å². The number of phenolic OH excluding ortho intramolecular Hbond substituents is 1. The maximum absolute atomic E-state index is 9.97. The molecule has 23 heavy (non-hydrogen) atoms. The van der Waals surface area contributed by atoms with Crippen LogP contribution in [0, 0.1) is 0 Å². The molecule has 0 saturated carbocycles. The third kappa shape index (κ3) is 5.49. The molecular formula is C17H23N3O2S. The quantitative estimate of drug-likeness (QED) is 0.538. The summed E-state index contributed by atoms with van der Waals surface area (Å²) in [7, 11) is 1.59. The minimum absolute atomic E-state index is 0.256. The zero-order valence-corrected chi connectivity index (χ0v) is 14.3. The fourth-order valence-corrected chi connectivity index (χ4v) is 2.75. The zero-order valence-electron chi connectivity index (χ0n) is 13.5. The number of rotatable bonds is 7. The Hall–Kier alpha value is -2.21. The van der Waals surface area contributed by atoms with Crippen LogP contribution < -0.4 is 15.4 Å². The smallest absolute Gasteiger partial charge is 0.191 e. The molecule has 0 aliphatic heterocycles. The molecule has 0 aliphatic carbocycles. The zero-order chi connectivity index (χ0) is 16.5. The highest BCUT2D eigenvalue weighted by atomic mass is 32.1. The molecule has 0 radical (unpaired) electrons. The van der Waals surface area contributed by atoms with Crippen molar-refractivity contribution in [1.29, 1.82) is 0 Å². The molecule has 2 rings (SSSR count). The molecule has 0 spiro atoms. The largest absolute Gasteiger partial charge is 0.508 e. The van der Waals surface area contributed by atoms with Gasteiger partial charge in [0.05, 0.1) is 13.7 Å². The van der Waals surface area contributed by atoms with Crippen molar-refractivity contribution in [3.8, 4) is 11.5 Å². The average molecular weight is 333 g/mol. The molecule has 124 valence electrons. The van der Waals surface area contributed by atoms with Crippen LogP contribution in [0.4, 0.5) is 0 Å². The Balaban J connectivity index is 1.87. The number of hydrogen-bond acceptors (Lipinski definition) is 4. The van der Waals surface area contributed by atoms with E-state index in [-0.39, 0.29) is 5.75 Å². The maximum atomic E-state index is 9.97. The van der Waals surface area contributed by atoms with Gasteiger partial charge >= 0.3 is 0 Å². The molecule has 1 heterocycles. The highest BCUT2D eigenvalue weighted by Gasteiger charge is 2.04. The first kappa shape index (κ1) is 17.1. The molecular weight excluding hydrogens is 310 g/mol. The normalized spacial score (nSPS) is 11.3. The van der Waals surface area contributed by atoms with Crippen molar-refractivity contribution in [2.75, 3.05) is 20.2 Å². The molecule has 3 N–H and O–H groups in total. The van der Waals surface area contributed by atoms with E-state index in [1.165, 1.54) is 5.56 Å². The lowest BCUT2D eigenvalue weighted by atomic mass is 10.1. The van der Waals surface area contributed by atoms with Crippen LogP contribution >= 0.6 is 11.3 Å². The summed E-state index contributed by atoms with van der Waals surface area (Å²) < 4.78 is 5.09. The summed E-state index contributed by atoms with van der Waals surface area (Å²) >= 11 is 1.68. The van der Waals surface area contributed by atoms with E-state index >= 15 is 0 Å². The van der Waals surface area contributed by atoms with Crippen molar-refractivity contribution in [2.24, 2.45) is 4.99 Å². The van der Waals surface area contributed by atoms with Crippen LogP contribution in [-0.4, -0.2) is 31.3 Å². The Morgan fingerprint density at radius 3 is 2.83 bits per heavy atom. The van der Waals surface area contributed by atoms with Crippen molar-refractivity contribution >= 4 is 17.3 Å². The fourth-order valence-electron chi connectivity index (χ4n) is 2.09. The first-order valence-electron chi connectivity index (χ1n) is 7.62. The van der Waals surface area contributed by atoms with Crippen molar-refractivity contribution in [3.63, 3.8) is 0 Å². The Morgan fingerprint density at radius 1 is 1.30 bits per heavy atom. The van der Waals surface area contributed by atoms with Crippen molar-refractivity contribution in [3.05, 3.63) is 46.2 Å². The predicted molar refractivity (Wildman–Crippen MR) is 95.5 cm³/mol. The molecule has 0 atom stereocenters. The van der Waals surface area contributed by atoms with Gasteiger partial charge in [0.2, 0.25) is 0 Å². The molecule has 1 aromatic heterocycles. The van der Waals surface area contributed by atoms with Gasteiger partial charge in [-0.25, -0.2) is 4.99 Å².